The Hall–Kier alpha value is -3.12. The average molecular weight is 450 g/mol. The second-order valence-corrected chi connectivity index (χ2v) is 7.85. The molecular formula is C18H18N4O6S2. The molecule has 2 N–H and O–H groups in total. The topological polar surface area (TPSA) is 133 Å². The highest BCUT2D eigenvalue weighted by molar-refractivity contribution is 8.00. The fraction of sp³-hybridized carbons (Fsp3) is 0.278. The van der Waals surface area contributed by atoms with E-state index in [1.807, 2.05) is 0 Å². The standard InChI is InChI=1S/C18H18N4O6S2/c1-3-26-16(24)19-11-5-6-12-10(7-14(23)28-13(12)8-11)9-29-18-22-21-15(30-18)20-17(25)27-4-2/h5-8H,3-4,9H2,1-2H3,(H,19,24)(H,20,21,25). The van der Waals surface area contributed by atoms with Crippen LogP contribution in [0.15, 0.2) is 37.8 Å². The van der Waals surface area contributed by atoms with Gasteiger partial charge < -0.3 is 13.9 Å². The van der Waals surface area contributed by atoms with Crippen molar-refractivity contribution in [3.05, 3.63) is 40.2 Å². The van der Waals surface area contributed by atoms with Crippen molar-refractivity contribution in [2.24, 2.45) is 0 Å². The van der Waals surface area contributed by atoms with Crippen LogP contribution in [-0.2, 0) is 15.2 Å². The summed E-state index contributed by atoms with van der Waals surface area (Å²) in [5, 5.41) is 14.0. The van der Waals surface area contributed by atoms with Crippen LogP contribution < -0.4 is 16.3 Å². The quantitative estimate of drug-likeness (QED) is 0.310. The van der Waals surface area contributed by atoms with Crippen LogP contribution >= 0.6 is 23.1 Å². The summed E-state index contributed by atoms with van der Waals surface area (Å²) in [5.74, 6) is 0.431. The number of carbonyl (C=O) groups is 2. The number of thioether (sulfide) groups is 1. The van der Waals surface area contributed by atoms with Crippen LogP contribution in [0.3, 0.4) is 0 Å². The van der Waals surface area contributed by atoms with E-state index in [-0.39, 0.29) is 13.2 Å². The van der Waals surface area contributed by atoms with Gasteiger partial charge in [-0.25, -0.2) is 14.4 Å². The smallest absolute Gasteiger partial charge is 0.413 e. The van der Waals surface area contributed by atoms with E-state index in [4.69, 9.17) is 13.9 Å². The molecule has 0 aliphatic heterocycles. The molecular weight excluding hydrogens is 432 g/mol. The first kappa shape index (κ1) is 21.6. The minimum atomic E-state index is -0.593. The Labute approximate surface area is 179 Å². The summed E-state index contributed by atoms with van der Waals surface area (Å²) in [4.78, 5) is 35.0. The number of rotatable bonds is 7. The highest BCUT2D eigenvalue weighted by atomic mass is 32.2. The van der Waals surface area contributed by atoms with Gasteiger partial charge in [0.05, 0.1) is 13.2 Å². The minimum absolute atomic E-state index is 0.249. The lowest BCUT2D eigenvalue weighted by molar-refractivity contribution is 0.167. The average Bonchev–Trinajstić information content (AvgIpc) is 3.13. The molecule has 12 heteroatoms. The van der Waals surface area contributed by atoms with Gasteiger partial charge in [0.25, 0.3) is 0 Å². The summed E-state index contributed by atoms with van der Waals surface area (Å²) in [7, 11) is 0. The summed E-state index contributed by atoms with van der Waals surface area (Å²) in [6, 6.07) is 6.42. The zero-order chi connectivity index (χ0) is 21.5. The number of hydrogen-bond donors (Lipinski definition) is 2. The van der Waals surface area contributed by atoms with Gasteiger partial charge in [-0.2, -0.15) is 0 Å². The third-order valence-electron chi connectivity index (χ3n) is 3.59. The van der Waals surface area contributed by atoms with E-state index in [0.29, 0.717) is 26.5 Å². The Bertz CT molecular complexity index is 1110. The molecule has 0 fully saturated rings. The molecule has 3 aromatic rings. The van der Waals surface area contributed by atoms with Crippen LogP contribution in [0.1, 0.15) is 19.4 Å². The Morgan fingerprint density at radius 2 is 1.83 bits per heavy atom. The first-order chi connectivity index (χ1) is 14.5. The lowest BCUT2D eigenvalue weighted by Crippen LogP contribution is -2.13. The van der Waals surface area contributed by atoms with Gasteiger partial charge in [0.15, 0.2) is 4.34 Å². The second kappa shape index (κ2) is 10.1. The number of nitrogens with one attached hydrogen (secondary N) is 2. The number of amides is 2. The van der Waals surface area contributed by atoms with Gasteiger partial charge >= 0.3 is 17.8 Å². The zero-order valence-electron chi connectivity index (χ0n) is 16.1. The van der Waals surface area contributed by atoms with Crippen molar-refractivity contribution < 1.29 is 23.5 Å². The predicted octanol–water partition coefficient (Wildman–Crippen LogP) is 4.07. The van der Waals surface area contributed by atoms with Gasteiger partial charge in [0, 0.05) is 29.0 Å². The molecule has 0 saturated heterocycles. The van der Waals surface area contributed by atoms with Crippen molar-refractivity contribution in [2.45, 2.75) is 23.9 Å². The van der Waals surface area contributed by atoms with Gasteiger partial charge in [-0.3, -0.25) is 10.6 Å². The Balaban J connectivity index is 1.73. The van der Waals surface area contributed by atoms with Crippen LogP contribution in [-0.4, -0.2) is 35.6 Å². The summed E-state index contributed by atoms with van der Waals surface area (Å²) in [6.45, 7) is 3.92. The monoisotopic (exact) mass is 450 g/mol. The molecule has 0 spiro atoms. The number of fused-ring (bicyclic) bond motifs is 1. The van der Waals surface area contributed by atoms with E-state index >= 15 is 0 Å². The Kier molecular flexibility index (Phi) is 7.25. The van der Waals surface area contributed by atoms with Crippen molar-refractivity contribution in [3.63, 3.8) is 0 Å². The molecule has 10 nitrogen and oxygen atoms in total. The Morgan fingerprint density at radius 3 is 2.57 bits per heavy atom. The number of ether oxygens (including phenoxy) is 2. The van der Waals surface area contributed by atoms with Crippen molar-refractivity contribution in [1.82, 2.24) is 10.2 Å². The normalized spacial score (nSPS) is 10.6. The van der Waals surface area contributed by atoms with Crippen LogP contribution in [0, 0.1) is 0 Å². The van der Waals surface area contributed by atoms with E-state index in [9.17, 15) is 14.4 Å². The van der Waals surface area contributed by atoms with Crippen LogP contribution in [0.4, 0.5) is 20.4 Å². The molecule has 158 valence electrons. The van der Waals surface area contributed by atoms with E-state index in [1.54, 1.807) is 32.0 Å². The van der Waals surface area contributed by atoms with Crippen LogP contribution in [0.25, 0.3) is 11.0 Å². The van der Waals surface area contributed by atoms with Crippen molar-refractivity contribution in [1.29, 1.82) is 0 Å². The number of benzene rings is 1. The van der Waals surface area contributed by atoms with E-state index < -0.39 is 17.8 Å². The molecule has 3 rings (SSSR count). The van der Waals surface area contributed by atoms with Gasteiger partial charge in [-0.15, -0.1) is 10.2 Å². The van der Waals surface area contributed by atoms with Crippen LogP contribution in [0.5, 0.6) is 0 Å². The summed E-state index contributed by atoms with van der Waals surface area (Å²) < 4.78 is 15.5. The molecule has 2 aromatic heterocycles. The molecule has 2 heterocycles. The van der Waals surface area contributed by atoms with Gasteiger partial charge in [-0.1, -0.05) is 23.1 Å². The third kappa shape index (κ3) is 5.70. The summed E-state index contributed by atoms with van der Waals surface area (Å²) in [6.07, 6.45) is -1.18. The molecule has 0 aliphatic rings. The summed E-state index contributed by atoms with van der Waals surface area (Å²) in [5.41, 5.74) is 1.03. The SMILES string of the molecule is CCOC(=O)Nc1ccc2c(CSc3nnc(NC(=O)OCC)s3)cc(=O)oc2c1. The maximum absolute atomic E-state index is 12.0. The van der Waals surface area contributed by atoms with Crippen molar-refractivity contribution in [3.8, 4) is 0 Å². The number of nitrogens with zero attached hydrogens (tertiary/aromatic N) is 2. The first-order valence-electron chi connectivity index (χ1n) is 8.89. The lowest BCUT2D eigenvalue weighted by Gasteiger charge is -2.08. The molecule has 2 amide bonds. The second-order valence-electron chi connectivity index (χ2n) is 5.65. The van der Waals surface area contributed by atoms with Crippen LogP contribution in [0.2, 0.25) is 0 Å². The zero-order valence-corrected chi connectivity index (χ0v) is 17.7. The van der Waals surface area contributed by atoms with Crippen molar-refractivity contribution in [2.75, 3.05) is 23.8 Å². The highest BCUT2D eigenvalue weighted by Crippen LogP contribution is 2.31. The molecule has 30 heavy (non-hydrogen) atoms. The summed E-state index contributed by atoms with van der Waals surface area (Å²) >= 11 is 2.56. The minimum Gasteiger partial charge on any atom is -0.450 e. The first-order valence-corrected chi connectivity index (χ1v) is 10.7. The maximum Gasteiger partial charge on any atom is 0.413 e. The third-order valence-corrected chi connectivity index (χ3v) is 5.61. The van der Waals surface area contributed by atoms with E-state index in [0.717, 1.165) is 10.9 Å². The number of carbonyl (C=O) groups excluding carboxylic acids is 2. The fourth-order valence-electron chi connectivity index (χ4n) is 2.42. The molecule has 1 aromatic carbocycles. The highest BCUT2D eigenvalue weighted by Gasteiger charge is 2.12. The van der Waals surface area contributed by atoms with Crippen molar-refractivity contribution >= 4 is 57.1 Å². The largest absolute Gasteiger partial charge is 0.450 e. The van der Waals surface area contributed by atoms with Gasteiger partial charge in [-0.05, 0) is 31.5 Å². The molecule has 0 radical (unpaired) electrons. The number of hydrogen-bond acceptors (Lipinski definition) is 10. The Morgan fingerprint density at radius 1 is 1.10 bits per heavy atom. The van der Waals surface area contributed by atoms with E-state index in [1.165, 1.54) is 29.2 Å². The van der Waals surface area contributed by atoms with Gasteiger partial charge in [0.2, 0.25) is 5.13 Å². The van der Waals surface area contributed by atoms with Gasteiger partial charge in [0.1, 0.15) is 5.58 Å². The molecule has 0 bridgehead atoms. The lowest BCUT2D eigenvalue weighted by atomic mass is 10.1. The number of anilines is 2. The maximum atomic E-state index is 12.0. The molecule has 0 aliphatic carbocycles. The molecule has 0 unspecified atom stereocenters. The fourth-order valence-corrected chi connectivity index (χ4v) is 4.15. The predicted molar refractivity (Wildman–Crippen MR) is 113 cm³/mol. The molecule has 0 atom stereocenters. The molecule has 0 saturated carbocycles. The number of aromatic nitrogens is 2. The van der Waals surface area contributed by atoms with E-state index in [2.05, 4.69) is 20.8 Å².